The highest BCUT2D eigenvalue weighted by molar-refractivity contribution is 5.65. The van der Waals surface area contributed by atoms with Crippen LogP contribution < -0.4 is 0 Å². The van der Waals surface area contributed by atoms with Gasteiger partial charge in [-0.05, 0) is 48.8 Å². The second-order valence-electron chi connectivity index (χ2n) is 4.69. The third-order valence-electron chi connectivity index (χ3n) is 3.26. The first-order valence-electron chi connectivity index (χ1n) is 6.56. The van der Waals surface area contributed by atoms with Crippen molar-refractivity contribution in [3.8, 4) is 0 Å². The zero-order valence-electron chi connectivity index (χ0n) is 11.2. The van der Waals surface area contributed by atoms with Gasteiger partial charge in [0.2, 0.25) is 0 Å². The topological polar surface area (TPSA) is 20.2 Å². The molecule has 0 amide bonds. The van der Waals surface area contributed by atoms with Gasteiger partial charge in [0.15, 0.2) is 0 Å². The van der Waals surface area contributed by atoms with Crippen LogP contribution in [-0.4, -0.2) is 11.7 Å². The molecular formula is C16H24O. The van der Waals surface area contributed by atoms with E-state index < -0.39 is 0 Å². The number of aliphatic hydroxyl groups is 1. The van der Waals surface area contributed by atoms with Crippen LogP contribution in [0.4, 0.5) is 0 Å². The van der Waals surface area contributed by atoms with E-state index in [2.05, 4.69) is 51.1 Å². The molecule has 0 radical (unpaired) electrons. The molecule has 1 nitrogen and oxygen atoms in total. The lowest BCUT2D eigenvalue weighted by Crippen LogP contribution is -2.02. The molecule has 0 aliphatic heterocycles. The van der Waals surface area contributed by atoms with Gasteiger partial charge in [-0.15, -0.1) is 0 Å². The first-order chi connectivity index (χ1) is 8.21. The summed E-state index contributed by atoms with van der Waals surface area (Å²) < 4.78 is 0. The van der Waals surface area contributed by atoms with Gasteiger partial charge in [-0.3, -0.25) is 0 Å². The van der Waals surface area contributed by atoms with Crippen LogP contribution in [0.25, 0.3) is 5.57 Å². The van der Waals surface area contributed by atoms with E-state index in [4.69, 9.17) is 5.11 Å². The molecule has 94 valence electrons. The standard InChI is InChI=1S/C16H24O/c1-4-15(5-2)16-8-6-14(7-9-16)12-13(3)10-11-17/h4,6-9,13,17H,5,10-12H2,1-3H3/b15-4+. The van der Waals surface area contributed by atoms with E-state index in [1.807, 2.05) is 0 Å². The Bertz CT molecular complexity index is 348. The van der Waals surface area contributed by atoms with E-state index in [0.717, 1.165) is 19.3 Å². The van der Waals surface area contributed by atoms with E-state index in [1.54, 1.807) is 0 Å². The molecule has 0 aliphatic rings. The van der Waals surface area contributed by atoms with Crippen molar-refractivity contribution in [1.82, 2.24) is 0 Å². The molecule has 1 N–H and O–H groups in total. The number of hydrogen-bond acceptors (Lipinski definition) is 1. The fraction of sp³-hybridized carbons (Fsp3) is 0.500. The van der Waals surface area contributed by atoms with Crippen LogP contribution in [0.1, 0.15) is 44.7 Å². The molecule has 1 aromatic rings. The van der Waals surface area contributed by atoms with Crippen molar-refractivity contribution in [1.29, 1.82) is 0 Å². The van der Waals surface area contributed by atoms with Crippen LogP contribution in [0.2, 0.25) is 0 Å². The molecule has 1 atom stereocenters. The molecule has 0 aliphatic carbocycles. The van der Waals surface area contributed by atoms with Gasteiger partial charge in [0.05, 0.1) is 0 Å². The van der Waals surface area contributed by atoms with E-state index in [1.165, 1.54) is 16.7 Å². The maximum atomic E-state index is 8.89. The first-order valence-corrected chi connectivity index (χ1v) is 6.56. The lowest BCUT2D eigenvalue weighted by molar-refractivity contribution is 0.262. The lowest BCUT2D eigenvalue weighted by Gasteiger charge is -2.11. The Balaban J connectivity index is 2.68. The van der Waals surface area contributed by atoms with Crippen molar-refractivity contribution in [3.05, 3.63) is 41.5 Å². The summed E-state index contributed by atoms with van der Waals surface area (Å²) in [6, 6.07) is 8.84. The van der Waals surface area contributed by atoms with Gasteiger partial charge >= 0.3 is 0 Å². The van der Waals surface area contributed by atoms with E-state index in [0.29, 0.717) is 5.92 Å². The van der Waals surface area contributed by atoms with Gasteiger partial charge in [-0.2, -0.15) is 0 Å². The van der Waals surface area contributed by atoms with E-state index in [-0.39, 0.29) is 6.61 Å². The summed E-state index contributed by atoms with van der Waals surface area (Å²) in [5.41, 5.74) is 4.09. The molecule has 0 fully saturated rings. The fourth-order valence-electron chi connectivity index (χ4n) is 2.15. The van der Waals surface area contributed by atoms with Crippen molar-refractivity contribution >= 4 is 5.57 Å². The molecule has 0 bridgehead atoms. The minimum absolute atomic E-state index is 0.289. The summed E-state index contributed by atoms with van der Waals surface area (Å²) in [6.45, 7) is 6.76. The van der Waals surface area contributed by atoms with Crippen molar-refractivity contribution in [3.63, 3.8) is 0 Å². The molecule has 17 heavy (non-hydrogen) atoms. The average molecular weight is 232 g/mol. The normalized spacial score (nSPS) is 13.8. The van der Waals surface area contributed by atoms with E-state index in [9.17, 15) is 0 Å². The van der Waals surface area contributed by atoms with Gasteiger partial charge in [0.1, 0.15) is 0 Å². The van der Waals surface area contributed by atoms with Crippen molar-refractivity contribution in [2.75, 3.05) is 6.61 Å². The summed E-state index contributed by atoms with van der Waals surface area (Å²) in [4.78, 5) is 0. The molecule has 1 heteroatoms. The monoisotopic (exact) mass is 232 g/mol. The molecule has 0 heterocycles. The Labute approximate surface area is 105 Å². The highest BCUT2D eigenvalue weighted by Gasteiger charge is 2.04. The molecular weight excluding hydrogens is 208 g/mol. The first kappa shape index (κ1) is 14.0. The molecule has 0 aromatic heterocycles. The SMILES string of the molecule is C/C=C(\CC)c1ccc(CC(C)CCO)cc1. The number of allylic oxidation sites excluding steroid dienone is 2. The van der Waals surface area contributed by atoms with Crippen LogP contribution >= 0.6 is 0 Å². The Morgan fingerprint density at radius 3 is 2.41 bits per heavy atom. The molecule has 0 saturated carbocycles. The summed E-state index contributed by atoms with van der Waals surface area (Å²) in [5.74, 6) is 0.554. The maximum Gasteiger partial charge on any atom is 0.0433 e. The zero-order valence-corrected chi connectivity index (χ0v) is 11.2. The largest absolute Gasteiger partial charge is 0.396 e. The second kappa shape index (κ2) is 7.29. The van der Waals surface area contributed by atoms with Crippen LogP contribution in [0, 0.1) is 5.92 Å². The number of aliphatic hydroxyl groups excluding tert-OH is 1. The quantitative estimate of drug-likeness (QED) is 0.784. The van der Waals surface area contributed by atoms with Crippen molar-refractivity contribution in [2.45, 2.75) is 40.0 Å². The highest BCUT2D eigenvalue weighted by Crippen LogP contribution is 2.19. The maximum absolute atomic E-state index is 8.89. The van der Waals surface area contributed by atoms with Gasteiger partial charge in [-0.25, -0.2) is 0 Å². The smallest absolute Gasteiger partial charge is 0.0433 e. The Kier molecular flexibility index (Phi) is 5.99. The summed E-state index contributed by atoms with van der Waals surface area (Å²) >= 11 is 0. The highest BCUT2D eigenvalue weighted by atomic mass is 16.3. The Hall–Kier alpha value is -1.08. The van der Waals surface area contributed by atoms with E-state index >= 15 is 0 Å². The predicted octanol–water partition coefficient (Wildman–Crippen LogP) is 4.06. The van der Waals surface area contributed by atoms with Crippen LogP contribution in [-0.2, 0) is 6.42 Å². The number of hydrogen-bond donors (Lipinski definition) is 1. The molecule has 1 aromatic carbocycles. The second-order valence-corrected chi connectivity index (χ2v) is 4.69. The van der Waals surface area contributed by atoms with Crippen LogP contribution in [0.5, 0.6) is 0 Å². The zero-order chi connectivity index (χ0) is 12.7. The summed E-state index contributed by atoms with van der Waals surface area (Å²) in [7, 11) is 0. The predicted molar refractivity (Wildman–Crippen MR) is 75.0 cm³/mol. The average Bonchev–Trinajstić information content (AvgIpc) is 2.33. The summed E-state index contributed by atoms with van der Waals surface area (Å²) in [6.07, 6.45) is 5.20. The number of rotatable bonds is 6. The third kappa shape index (κ3) is 4.35. The van der Waals surface area contributed by atoms with Crippen LogP contribution in [0.15, 0.2) is 30.3 Å². The molecule has 1 rings (SSSR count). The fourth-order valence-corrected chi connectivity index (χ4v) is 2.15. The minimum atomic E-state index is 0.289. The Morgan fingerprint density at radius 2 is 1.94 bits per heavy atom. The molecule has 0 spiro atoms. The van der Waals surface area contributed by atoms with Crippen LogP contribution in [0.3, 0.4) is 0 Å². The van der Waals surface area contributed by atoms with Crippen molar-refractivity contribution < 1.29 is 5.11 Å². The minimum Gasteiger partial charge on any atom is -0.396 e. The van der Waals surface area contributed by atoms with Gasteiger partial charge < -0.3 is 5.11 Å². The van der Waals surface area contributed by atoms with Gasteiger partial charge in [0.25, 0.3) is 0 Å². The van der Waals surface area contributed by atoms with Gasteiger partial charge in [-0.1, -0.05) is 44.2 Å². The van der Waals surface area contributed by atoms with Crippen molar-refractivity contribution in [2.24, 2.45) is 5.92 Å². The number of benzene rings is 1. The third-order valence-corrected chi connectivity index (χ3v) is 3.26. The summed E-state index contributed by atoms with van der Waals surface area (Å²) in [5, 5.41) is 8.89. The van der Waals surface area contributed by atoms with Gasteiger partial charge in [0, 0.05) is 6.61 Å². The molecule has 0 saturated heterocycles. The Morgan fingerprint density at radius 1 is 1.29 bits per heavy atom. The molecule has 1 unspecified atom stereocenters. The lowest BCUT2D eigenvalue weighted by atomic mass is 9.96.